The van der Waals surface area contributed by atoms with Gasteiger partial charge in [-0.05, 0) is 39.1 Å². The number of aromatic nitrogens is 2. The van der Waals surface area contributed by atoms with Gasteiger partial charge in [-0.3, -0.25) is 9.59 Å². The van der Waals surface area contributed by atoms with E-state index in [1.54, 1.807) is 29.1 Å². The standard InChI is InChI=1S/C22H28N4O4/c1-24(2)15-17-12-22(21(28)30-17)8-10-25(11-9-22)20(27)16-13-23-26(14-16)18-6-4-5-7-19(18)29-3/h4-7,13-14,17H,8-12,15H2,1-3H3. The molecule has 0 aliphatic carbocycles. The van der Waals surface area contributed by atoms with Gasteiger partial charge < -0.3 is 19.3 Å². The second-order valence-corrected chi connectivity index (χ2v) is 8.41. The largest absolute Gasteiger partial charge is 0.494 e. The average molecular weight is 412 g/mol. The number of ether oxygens (including phenoxy) is 2. The second-order valence-electron chi connectivity index (χ2n) is 8.41. The lowest BCUT2D eigenvalue weighted by Crippen LogP contribution is -2.45. The van der Waals surface area contributed by atoms with Gasteiger partial charge in [0, 0.05) is 32.3 Å². The Kier molecular flexibility index (Phi) is 5.51. The molecule has 1 atom stereocenters. The number of para-hydroxylation sites is 2. The lowest BCUT2D eigenvalue weighted by molar-refractivity contribution is -0.150. The summed E-state index contributed by atoms with van der Waals surface area (Å²) >= 11 is 0. The monoisotopic (exact) mass is 412 g/mol. The molecule has 2 saturated heterocycles. The van der Waals surface area contributed by atoms with Gasteiger partial charge >= 0.3 is 5.97 Å². The molecule has 1 unspecified atom stereocenters. The molecule has 0 N–H and O–H groups in total. The Morgan fingerprint density at radius 3 is 2.73 bits per heavy atom. The zero-order valence-electron chi connectivity index (χ0n) is 17.7. The zero-order valence-corrected chi connectivity index (χ0v) is 17.7. The topological polar surface area (TPSA) is 76.9 Å². The van der Waals surface area contributed by atoms with Crippen LogP contribution in [0, 0.1) is 5.41 Å². The van der Waals surface area contributed by atoms with Crippen LogP contribution in [0.2, 0.25) is 0 Å². The molecule has 3 heterocycles. The SMILES string of the molecule is COc1ccccc1-n1cc(C(=O)N2CCC3(CC2)CC(CN(C)C)OC3=O)cn1. The molecule has 1 amide bonds. The third-order valence-corrected chi connectivity index (χ3v) is 6.06. The first-order chi connectivity index (χ1) is 14.4. The van der Waals surface area contributed by atoms with Crippen molar-refractivity contribution >= 4 is 11.9 Å². The summed E-state index contributed by atoms with van der Waals surface area (Å²) in [4.78, 5) is 29.4. The van der Waals surface area contributed by atoms with Crippen molar-refractivity contribution in [3.63, 3.8) is 0 Å². The molecule has 2 fully saturated rings. The lowest BCUT2D eigenvalue weighted by Gasteiger charge is -2.36. The smallest absolute Gasteiger partial charge is 0.312 e. The van der Waals surface area contributed by atoms with E-state index >= 15 is 0 Å². The van der Waals surface area contributed by atoms with Gasteiger partial charge in [0.2, 0.25) is 0 Å². The van der Waals surface area contributed by atoms with Crippen molar-refractivity contribution in [1.29, 1.82) is 0 Å². The van der Waals surface area contributed by atoms with Crippen molar-refractivity contribution in [3.05, 3.63) is 42.2 Å². The van der Waals surface area contributed by atoms with Crippen LogP contribution < -0.4 is 4.74 Å². The number of likely N-dealkylation sites (tertiary alicyclic amines) is 1. The predicted molar refractivity (Wildman–Crippen MR) is 111 cm³/mol. The van der Waals surface area contributed by atoms with Crippen LogP contribution in [-0.4, -0.2) is 78.4 Å². The quantitative estimate of drug-likeness (QED) is 0.699. The highest BCUT2D eigenvalue weighted by Crippen LogP contribution is 2.43. The van der Waals surface area contributed by atoms with Crippen LogP contribution in [0.3, 0.4) is 0 Å². The van der Waals surface area contributed by atoms with Gasteiger partial charge in [-0.1, -0.05) is 12.1 Å². The van der Waals surface area contributed by atoms with Gasteiger partial charge in [-0.25, -0.2) is 4.68 Å². The van der Waals surface area contributed by atoms with Crippen molar-refractivity contribution in [2.45, 2.75) is 25.4 Å². The van der Waals surface area contributed by atoms with Crippen LogP contribution in [0.4, 0.5) is 0 Å². The molecule has 1 aromatic heterocycles. The number of benzene rings is 1. The maximum atomic E-state index is 13.0. The Bertz CT molecular complexity index is 931. The predicted octanol–water partition coefficient (Wildman–Crippen LogP) is 1.98. The van der Waals surface area contributed by atoms with E-state index in [1.165, 1.54) is 0 Å². The van der Waals surface area contributed by atoms with Gasteiger partial charge in [0.05, 0.1) is 24.3 Å². The maximum Gasteiger partial charge on any atom is 0.312 e. The van der Waals surface area contributed by atoms with Gasteiger partial charge in [0.25, 0.3) is 5.91 Å². The second kappa shape index (κ2) is 8.10. The number of carbonyl (C=O) groups is 2. The molecule has 8 nitrogen and oxygen atoms in total. The van der Waals surface area contributed by atoms with Gasteiger partial charge in [0.1, 0.15) is 17.5 Å². The summed E-state index contributed by atoms with van der Waals surface area (Å²) in [6.07, 6.45) is 5.26. The number of amides is 1. The first-order valence-electron chi connectivity index (χ1n) is 10.2. The van der Waals surface area contributed by atoms with Crippen LogP contribution in [0.15, 0.2) is 36.7 Å². The molecule has 2 aliphatic heterocycles. The Morgan fingerprint density at radius 1 is 1.30 bits per heavy atom. The number of likely N-dealkylation sites (N-methyl/N-ethyl adjacent to an activating group) is 1. The highest BCUT2D eigenvalue weighted by atomic mass is 16.6. The Balaban J connectivity index is 1.42. The van der Waals surface area contributed by atoms with Crippen molar-refractivity contribution in [1.82, 2.24) is 19.6 Å². The van der Waals surface area contributed by atoms with Crippen molar-refractivity contribution in [3.8, 4) is 11.4 Å². The van der Waals surface area contributed by atoms with Crippen LogP contribution in [0.5, 0.6) is 5.75 Å². The number of methoxy groups -OCH3 is 1. The molecular formula is C22H28N4O4. The first-order valence-corrected chi connectivity index (χ1v) is 10.2. The minimum absolute atomic E-state index is 0.0613. The van der Waals surface area contributed by atoms with E-state index < -0.39 is 5.41 Å². The Labute approximate surface area is 176 Å². The molecular weight excluding hydrogens is 384 g/mol. The number of piperidine rings is 1. The molecule has 0 bridgehead atoms. The molecule has 1 aromatic carbocycles. The maximum absolute atomic E-state index is 13.0. The van der Waals surface area contributed by atoms with Gasteiger partial charge in [-0.15, -0.1) is 0 Å². The van der Waals surface area contributed by atoms with Crippen LogP contribution in [0.25, 0.3) is 5.69 Å². The average Bonchev–Trinajstić information content (AvgIpc) is 3.33. The number of esters is 1. The minimum Gasteiger partial charge on any atom is -0.494 e. The van der Waals surface area contributed by atoms with E-state index in [9.17, 15) is 9.59 Å². The van der Waals surface area contributed by atoms with Crippen molar-refractivity contribution in [2.75, 3.05) is 40.8 Å². The third-order valence-electron chi connectivity index (χ3n) is 6.06. The summed E-state index contributed by atoms with van der Waals surface area (Å²) in [6.45, 7) is 1.82. The van der Waals surface area contributed by atoms with Crippen LogP contribution in [-0.2, 0) is 9.53 Å². The van der Waals surface area contributed by atoms with E-state index in [2.05, 4.69) is 5.10 Å². The summed E-state index contributed by atoms with van der Waals surface area (Å²) in [5.41, 5.74) is 0.854. The summed E-state index contributed by atoms with van der Waals surface area (Å²) in [5.74, 6) is 0.513. The summed E-state index contributed by atoms with van der Waals surface area (Å²) in [7, 11) is 5.56. The van der Waals surface area contributed by atoms with Crippen LogP contribution in [0.1, 0.15) is 29.6 Å². The Morgan fingerprint density at radius 2 is 2.03 bits per heavy atom. The summed E-state index contributed by atoms with van der Waals surface area (Å²) in [5, 5.41) is 4.34. The molecule has 2 aliphatic rings. The van der Waals surface area contributed by atoms with Gasteiger partial charge in [-0.2, -0.15) is 5.10 Å². The summed E-state index contributed by atoms with van der Waals surface area (Å²) < 4.78 is 12.6. The molecule has 160 valence electrons. The van der Waals surface area contributed by atoms with E-state index in [4.69, 9.17) is 9.47 Å². The fourth-order valence-electron chi connectivity index (χ4n) is 4.46. The van der Waals surface area contributed by atoms with E-state index in [-0.39, 0.29) is 18.0 Å². The third kappa shape index (κ3) is 3.79. The Hall–Kier alpha value is -2.87. The fourth-order valence-corrected chi connectivity index (χ4v) is 4.46. The normalized spacial score (nSPS) is 20.6. The first kappa shape index (κ1) is 20.4. The lowest BCUT2D eigenvalue weighted by atomic mass is 9.76. The highest BCUT2D eigenvalue weighted by Gasteiger charge is 2.50. The molecule has 4 rings (SSSR count). The summed E-state index contributed by atoms with van der Waals surface area (Å²) in [6, 6.07) is 7.53. The minimum atomic E-state index is -0.445. The van der Waals surface area contributed by atoms with Gasteiger partial charge in [0.15, 0.2) is 0 Å². The number of rotatable bonds is 5. The van der Waals surface area contributed by atoms with Crippen molar-refractivity contribution in [2.24, 2.45) is 5.41 Å². The molecule has 0 saturated carbocycles. The van der Waals surface area contributed by atoms with Crippen LogP contribution >= 0.6 is 0 Å². The fraction of sp³-hybridized carbons (Fsp3) is 0.500. The number of nitrogens with zero attached hydrogens (tertiary/aromatic N) is 4. The number of carbonyl (C=O) groups excluding carboxylic acids is 2. The van der Waals surface area contributed by atoms with E-state index in [0.29, 0.717) is 37.2 Å². The van der Waals surface area contributed by atoms with E-state index in [1.807, 2.05) is 43.3 Å². The zero-order chi connectivity index (χ0) is 21.3. The number of hydrogen-bond acceptors (Lipinski definition) is 6. The molecule has 1 spiro atoms. The number of cyclic esters (lactones) is 1. The van der Waals surface area contributed by atoms with E-state index in [0.717, 1.165) is 18.7 Å². The molecule has 0 radical (unpaired) electrons. The molecule has 8 heteroatoms. The number of hydrogen-bond donors (Lipinski definition) is 0. The molecule has 2 aromatic rings. The highest BCUT2D eigenvalue weighted by molar-refractivity contribution is 5.94. The van der Waals surface area contributed by atoms with Crippen molar-refractivity contribution < 1.29 is 19.1 Å². The molecule has 30 heavy (non-hydrogen) atoms.